The van der Waals surface area contributed by atoms with Gasteiger partial charge in [-0.3, -0.25) is 4.79 Å². The molecule has 0 radical (unpaired) electrons. The standard InChI is InChI=1S/C24H19F4N3O2S/c1-2-11-33-18-9-3-15(4-10-18)21-12-20(24(26,27)28)19(13-29)23(31-21)34-14-22(32)30-17-7-5-16(25)6-8-17/h3-10,12H,2,11,14H2,1H3,(H,30,32). The maximum Gasteiger partial charge on any atom is 0.417 e. The van der Waals surface area contributed by atoms with Crippen LogP contribution in [0.25, 0.3) is 11.3 Å². The number of carbonyl (C=O) groups excluding carboxylic acids is 1. The number of aromatic nitrogens is 1. The summed E-state index contributed by atoms with van der Waals surface area (Å²) in [4.78, 5) is 16.5. The molecule has 5 nitrogen and oxygen atoms in total. The summed E-state index contributed by atoms with van der Waals surface area (Å²) < 4.78 is 59.6. The van der Waals surface area contributed by atoms with E-state index in [2.05, 4.69) is 10.3 Å². The molecule has 1 amide bonds. The Hall–Kier alpha value is -3.58. The Morgan fingerprint density at radius 3 is 2.41 bits per heavy atom. The summed E-state index contributed by atoms with van der Waals surface area (Å²) >= 11 is 0.711. The molecule has 0 spiro atoms. The lowest BCUT2D eigenvalue weighted by molar-refractivity contribution is -0.138. The van der Waals surface area contributed by atoms with Crippen LogP contribution in [0.5, 0.6) is 5.75 Å². The second kappa shape index (κ2) is 11.0. The third-order valence-corrected chi connectivity index (χ3v) is 5.47. The number of nitrogens with one attached hydrogen (secondary N) is 1. The fourth-order valence-corrected chi connectivity index (χ4v) is 3.71. The van der Waals surface area contributed by atoms with Crippen LogP contribution in [0.2, 0.25) is 0 Å². The molecule has 10 heteroatoms. The van der Waals surface area contributed by atoms with Gasteiger partial charge in [0.05, 0.1) is 29.2 Å². The number of hydrogen-bond acceptors (Lipinski definition) is 5. The summed E-state index contributed by atoms with van der Waals surface area (Å²) in [5.41, 5.74) is -1.05. The zero-order valence-corrected chi connectivity index (χ0v) is 18.8. The second-order valence-electron chi connectivity index (χ2n) is 7.06. The van der Waals surface area contributed by atoms with E-state index in [0.717, 1.165) is 24.6 Å². The van der Waals surface area contributed by atoms with Gasteiger partial charge >= 0.3 is 6.18 Å². The molecule has 0 fully saturated rings. The van der Waals surface area contributed by atoms with Crippen molar-refractivity contribution in [3.8, 4) is 23.1 Å². The van der Waals surface area contributed by atoms with Gasteiger partial charge in [-0.25, -0.2) is 9.37 Å². The molecule has 3 aromatic rings. The van der Waals surface area contributed by atoms with E-state index >= 15 is 0 Å². The van der Waals surface area contributed by atoms with E-state index in [-0.39, 0.29) is 16.5 Å². The van der Waals surface area contributed by atoms with Crippen LogP contribution in [-0.2, 0) is 11.0 Å². The van der Waals surface area contributed by atoms with Gasteiger partial charge < -0.3 is 10.1 Å². The first kappa shape index (κ1) is 25.1. The lowest BCUT2D eigenvalue weighted by Crippen LogP contribution is -2.15. The number of nitriles is 1. The topological polar surface area (TPSA) is 75.0 Å². The van der Waals surface area contributed by atoms with Crippen molar-refractivity contribution >= 4 is 23.4 Å². The Morgan fingerprint density at radius 2 is 1.82 bits per heavy atom. The van der Waals surface area contributed by atoms with E-state index in [1.54, 1.807) is 30.3 Å². The summed E-state index contributed by atoms with van der Waals surface area (Å²) in [6.07, 6.45) is -3.98. The van der Waals surface area contributed by atoms with E-state index in [1.165, 1.54) is 12.1 Å². The SMILES string of the molecule is CCCOc1ccc(-c2cc(C(F)(F)F)c(C#N)c(SCC(=O)Nc3ccc(F)cc3)n2)cc1. The minimum absolute atomic E-state index is 0.00908. The summed E-state index contributed by atoms with van der Waals surface area (Å²) in [6.45, 7) is 2.46. The molecular weight excluding hydrogens is 470 g/mol. The average molecular weight is 489 g/mol. The molecule has 0 aliphatic heterocycles. The second-order valence-corrected chi connectivity index (χ2v) is 8.03. The summed E-state index contributed by atoms with van der Waals surface area (Å²) in [5.74, 6) is -0.749. The number of anilines is 1. The molecule has 0 atom stereocenters. The number of ether oxygens (including phenoxy) is 1. The van der Waals surface area contributed by atoms with Gasteiger partial charge in [-0.05, 0) is 61.0 Å². The zero-order valence-electron chi connectivity index (χ0n) is 17.9. The predicted molar refractivity (Wildman–Crippen MR) is 121 cm³/mol. The minimum atomic E-state index is -4.79. The average Bonchev–Trinajstić information content (AvgIpc) is 2.82. The smallest absolute Gasteiger partial charge is 0.417 e. The van der Waals surface area contributed by atoms with Crippen molar-refractivity contribution in [1.82, 2.24) is 4.98 Å². The van der Waals surface area contributed by atoms with Crippen molar-refractivity contribution in [2.24, 2.45) is 0 Å². The molecule has 0 aliphatic carbocycles. The van der Waals surface area contributed by atoms with Crippen LogP contribution in [0.1, 0.15) is 24.5 Å². The molecular formula is C24H19F4N3O2S. The van der Waals surface area contributed by atoms with Crippen LogP contribution < -0.4 is 10.1 Å². The van der Waals surface area contributed by atoms with E-state index in [4.69, 9.17) is 4.74 Å². The number of amides is 1. The molecule has 1 aromatic heterocycles. The Morgan fingerprint density at radius 1 is 1.15 bits per heavy atom. The number of pyridine rings is 1. The van der Waals surface area contributed by atoms with E-state index < -0.39 is 29.0 Å². The fourth-order valence-electron chi connectivity index (χ4n) is 2.91. The molecule has 2 aromatic carbocycles. The largest absolute Gasteiger partial charge is 0.494 e. The molecule has 3 rings (SSSR count). The number of benzene rings is 2. The van der Waals surface area contributed by atoms with Crippen molar-refractivity contribution in [2.45, 2.75) is 24.5 Å². The Kier molecular flexibility index (Phi) is 8.12. The number of nitrogens with zero attached hydrogens (tertiary/aromatic N) is 2. The minimum Gasteiger partial charge on any atom is -0.494 e. The predicted octanol–water partition coefficient (Wildman–Crippen LogP) is 6.30. The molecule has 1 N–H and O–H groups in total. The normalized spacial score (nSPS) is 11.1. The van der Waals surface area contributed by atoms with Crippen LogP contribution in [0, 0.1) is 17.1 Å². The highest BCUT2D eigenvalue weighted by atomic mass is 32.2. The van der Waals surface area contributed by atoms with Gasteiger partial charge in [-0.2, -0.15) is 18.4 Å². The molecule has 1 heterocycles. The van der Waals surface area contributed by atoms with Gasteiger partial charge in [0.1, 0.15) is 22.7 Å². The van der Waals surface area contributed by atoms with Crippen molar-refractivity contribution in [3.05, 3.63) is 71.5 Å². The van der Waals surface area contributed by atoms with Gasteiger partial charge in [0.25, 0.3) is 0 Å². The Balaban J connectivity index is 1.88. The van der Waals surface area contributed by atoms with Crippen LogP contribution in [0.15, 0.2) is 59.6 Å². The highest BCUT2D eigenvalue weighted by molar-refractivity contribution is 8.00. The number of halogens is 4. The van der Waals surface area contributed by atoms with E-state index in [9.17, 15) is 27.6 Å². The highest BCUT2D eigenvalue weighted by Crippen LogP contribution is 2.38. The van der Waals surface area contributed by atoms with Crippen LogP contribution in [0.3, 0.4) is 0 Å². The fraction of sp³-hybridized carbons (Fsp3) is 0.208. The highest BCUT2D eigenvalue weighted by Gasteiger charge is 2.36. The van der Waals surface area contributed by atoms with Crippen molar-refractivity contribution in [1.29, 1.82) is 5.26 Å². The van der Waals surface area contributed by atoms with Crippen molar-refractivity contribution in [2.75, 3.05) is 17.7 Å². The maximum absolute atomic E-state index is 13.7. The number of rotatable bonds is 8. The number of carbonyl (C=O) groups is 1. The Labute approximate surface area is 197 Å². The van der Waals surface area contributed by atoms with E-state index in [1.807, 2.05) is 6.92 Å². The van der Waals surface area contributed by atoms with Gasteiger partial charge in [0.2, 0.25) is 5.91 Å². The van der Waals surface area contributed by atoms with E-state index in [0.29, 0.717) is 35.4 Å². The van der Waals surface area contributed by atoms with Crippen molar-refractivity contribution in [3.63, 3.8) is 0 Å². The lowest BCUT2D eigenvalue weighted by atomic mass is 10.1. The Bertz CT molecular complexity index is 1190. The number of hydrogen-bond donors (Lipinski definition) is 1. The first-order chi connectivity index (χ1) is 16.2. The van der Waals surface area contributed by atoms with Crippen molar-refractivity contribution < 1.29 is 27.1 Å². The summed E-state index contributed by atoms with van der Waals surface area (Å²) in [7, 11) is 0. The van der Waals surface area contributed by atoms with Gasteiger partial charge in [-0.15, -0.1) is 0 Å². The molecule has 0 unspecified atom stereocenters. The molecule has 34 heavy (non-hydrogen) atoms. The molecule has 176 valence electrons. The molecule has 0 saturated heterocycles. The van der Waals surface area contributed by atoms with Gasteiger partial charge in [0.15, 0.2) is 0 Å². The first-order valence-corrected chi connectivity index (χ1v) is 11.1. The monoisotopic (exact) mass is 489 g/mol. The van der Waals surface area contributed by atoms with Gasteiger partial charge in [-0.1, -0.05) is 18.7 Å². The summed E-state index contributed by atoms with van der Waals surface area (Å²) in [6, 6.07) is 13.8. The molecule has 0 saturated carbocycles. The van der Waals surface area contributed by atoms with Gasteiger partial charge in [0, 0.05) is 11.3 Å². The number of alkyl halides is 3. The first-order valence-electron chi connectivity index (χ1n) is 10.1. The van der Waals surface area contributed by atoms with Crippen LogP contribution >= 0.6 is 11.8 Å². The maximum atomic E-state index is 13.7. The third-order valence-electron chi connectivity index (χ3n) is 4.49. The van der Waals surface area contributed by atoms with Crippen LogP contribution in [0.4, 0.5) is 23.2 Å². The third kappa shape index (κ3) is 6.48. The summed E-state index contributed by atoms with van der Waals surface area (Å²) in [5, 5.41) is 11.7. The molecule has 0 bridgehead atoms. The van der Waals surface area contributed by atoms with Crippen LogP contribution in [-0.4, -0.2) is 23.3 Å². The quantitative estimate of drug-likeness (QED) is 0.297. The zero-order chi connectivity index (χ0) is 24.7. The number of thioether (sulfide) groups is 1. The lowest BCUT2D eigenvalue weighted by Gasteiger charge is -2.14. The molecule has 0 aliphatic rings.